The third-order valence-electron chi connectivity index (χ3n) is 2.97. The Morgan fingerprint density at radius 3 is 2.71 bits per heavy atom. The lowest BCUT2D eigenvalue weighted by molar-refractivity contribution is -0.142. The summed E-state index contributed by atoms with van der Waals surface area (Å²) in [5.74, 6) is 1.09. The molecule has 1 aliphatic heterocycles. The van der Waals surface area contributed by atoms with Crippen LogP contribution in [0.5, 0.6) is 11.5 Å². The second kappa shape index (κ2) is 7.80. The minimum Gasteiger partial charge on any atom is -0.486 e. The van der Waals surface area contributed by atoms with Crippen molar-refractivity contribution in [3.63, 3.8) is 0 Å². The van der Waals surface area contributed by atoms with E-state index >= 15 is 0 Å². The van der Waals surface area contributed by atoms with Gasteiger partial charge in [0, 0.05) is 11.0 Å². The van der Waals surface area contributed by atoms with E-state index < -0.39 is 0 Å². The number of ether oxygens (including phenoxy) is 3. The van der Waals surface area contributed by atoms with E-state index in [-0.39, 0.29) is 11.2 Å². The van der Waals surface area contributed by atoms with E-state index in [1.165, 1.54) is 11.8 Å². The van der Waals surface area contributed by atoms with Crippen LogP contribution in [0.4, 0.5) is 0 Å². The molecule has 0 saturated heterocycles. The molecule has 116 valence electrons. The summed E-state index contributed by atoms with van der Waals surface area (Å²) in [6.45, 7) is 5.38. The van der Waals surface area contributed by atoms with E-state index in [1.807, 2.05) is 13.0 Å². The standard InChI is InChI=1S/C15H19ClO4S/c1-3-4-5-20-15(17)10(2)21-14-9-13-12(8-11(14)16)18-6-7-19-13/h8-10H,3-7H2,1-2H3. The van der Waals surface area contributed by atoms with Gasteiger partial charge in [-0.3, -0.25) is 4.79 Å². The zero-order valence-electron chi connectivity index (χ0n) is 12.2. The van der Waals surface area contributed by atoms with E-state index in [0.717, 1.165) is 17.7 Å². The van der Waals surface area contributed by atoms with Crippen molar-refractivity contribution in [3.05, 3.63) is 17.2 Å². The van der Waals surface area contributed by atoms with Gasteiger partial charge < -0.3 is 14.2 Å². The topological polar surface area (TPSA) is 44.8 Å². The second-order valence-corrected chi connectivity index (χ2v) is 6.50. The minimum absolute atomic E-state index is 0.223. The van der Waals surface area contributed by atoms with Gasteiger partial charge in [-0.25, -0.2) is 0 Å². The molecule has 1 unspecified atom stereocenters. The summed E-state index contributed by atoms with van der Waals surface area (Å²) in [6, 6.07) is 3.55. The zero-order valence-corrected chi connectivity index (χ0v) is 13.8. The van der Waals surface area contributed by atoms with Crippen molar-refractivity contribution >= 4 is 29.3 Å². The van der Waals surface area contributed by atoms with Crippen molar-refractivity contribution in [2.75, 3.05) is 19.8 Å². The van der Waals surface area contributed by atoms with Gasteiger partial charge >= 0.3 is 5.97 Å². The highest BCUT2D eigenvalue weighted by atomic mass is 35.5. The normalized spacial score (nSPS) is 14.6. The number of esters is 1. The number of carbonyl (C=O) groups is 1. The lowest BCUT2D eigenvalue weighted by Crippen LogP contribution is -2.18. The van der Waals surface area contributed by atoms with Crippen LogP contribution in [0, 0.1) is 0 Å². The molecule has 0 bridgehead atoms. The predicted molar refractivity (Wildman–Crippen MR) is 83.6 cm³/mol. The van der Waals surface area contributed by atoms with Crippen molar-refractivity contribution in [2.24, 2.45) is 0 Å². The van der Waals surface area contributed by atoms with Crippen LogP contribution >= 0.6 is 23.4 Å². The molecule has 2 rings (SSSR count). The largest absolute Gasteiger partial charge is 0.486 e. The summed E-state index contributed by atoms with van der Waals surface area (Å²) in [5, 5.41) is 0.236. The van der Waals surface area contributed by atoms with Crippen LogP contribution in [0.1, 0.15) is 26.7 Å². The maximum absolute atomic E-state index is 11.9. The molecule has 1 aromatic rings. The molecule has 0 aromatic heterocycles. The summed E-state index contributed by atoms with van der Waals surface area (Å²) in [4.78, 5) is 12.7. The summed E-state index contributed by atoms with van der Waals surface area (Å²) in [6.07, 6.45) is 1.89. The fourth-order valence-corrected chi connectivity index (χ4v) is 2.99. The molecule has 0 spiro atoms. The molecule has 0 N–H and O–H groups in total. The first-order chi connectivity index (χ1) is 10.1. The molecule has 0 radical (unpaired) electrons. The summed E-state index contributed by atoms with van der Waals surface area (Å²) in [7, 11) is 0. The molecule has 4 nitrogen and oxygen atoms in total. The zero-order chi connectivity index (χ0) is 15.2. The first-order valence-corrected chi connectivity index (χ1v) is 8.30. The Labute approximate surface area is 134 Å². The van der Waals surface area contributed by atoms with E-state index in [4.69, 9.17) is 25.8 Å². The number of carbonyl (C=O) groups excluding carboxylic acids is 1. The van der Waals surface area contributed by atoms with Crippen molar-refractivity contribution in [2.45, 2.75) is 36.8 Å². The number of benzene rings is 1. The van der Waals surface area contributed by atoms with E-state index in [9.17, 15) is 4.79 Å². The molecule has 21 heavy (non-hydrogen) atoms. The molecular formula is C15H19ClO4S. The Kier molecular flexibility index (Phi) is 6.06. The fourth-order valence-electron chi connectivity index (χ4n) is 1.81. The Morgan fingerprint density at radius 2 is 2.05 bits per heavy atom. The van der Waals surface area contributed by atoms with Gasteiger partial charge in [0.15, 0.2) is 11.5 Å². The average Bonchev–Trinajstić information content (AvgIpc) is 2.48. The van der Waals surface area contributed by atoms with E-state index in [0.29, 0.717) is 36.3 Å². The van der Waals surface area contributed by atoms with Gasteiger partial charge in [0.25, 0.3) is 0 Å². The molecule has 1 heterocycles. The smallest absolute Gasteiger partial charge is 0.319 e. The number of unbranched alkanes of at least 4 members (excludes halogenated alkanes) is 1. The van der Waals surface area contributed by atoms with Crippen molar-refractivity contribution in [1.82, 2.24) is 0 Å². The van der Waals surface area contributed by atoms with Gasteiger partial charge in [0.05, 0.1) is 11.6 Å². The molecule has 0 saturated carbocycles. The molecular weight excluding hydrogens is 312 g/mol. The quantitative estimate of drug-likeness (QED) is 0.449. The maximum Gasteiger partial charge on any atom is 0.319 e. The van der Waals surface area contributed by atoms with Crippen LogP contribution in [-0.4, -0.2) is 31.0 Å². The Hall–Kier alpha value is -1.07. The van der Waals surface area contributed by atoms with Crippen LogP contribution < -0.4 is 9.47 Å². The van der Waals surface area contributed by atoms with Crippen molar-refractivity contribution < 1.29 is 19.0 Å². The van der Waals surface area contributed by atoms with Crippen LogP contribution in [0.25, 0.3) is 0 Å². The van der Waals surface area contributed by atoms with Gasteiger partial charge in [0.1, 0.15) is 18.5 Å². The fraction of sp³-hybridized carbons (Fsp3) is 0.533. The highest BCUT2D eigenvalue weighted by molar-refractivity contribution is 8.00. The second-order valence-electron chi connectivity index (χ2n) is 4.71. The van der Waals surface area contributed by atoms with Crippen LogP contribution in [0.2, 0.25) is 5.02 Å². The molecule has 0 amide bonds. The monoisotopic (exact) mass is 330 g/mol. The van der Waals surface area contributed by atoms with Crippen LogP contribution in [0.3, 0.4) is 0 Å². The van der Waals surface area contributed by atoms with Crippen molar-refractivity contribution in [3.8, 4) is 11.5 Å². The Morgan fingerprint density at radius 1 is 1.38 bits per heavy atom. The van der Waals surface area contributed by atoms with Crippen molar-refractivity contribution in [1.29, 1.82) is 0 Å². The highest BCUT2D eigenvalue weighted by Crippen LogP contribution is 2.40. The van der Waals surface area contributed by atoms with Gasteiger partial charge in [-0.15, -0.1) is 11.8 Å². The van der Waals surface area contributed by atoms with Crippen LogP contribution in [0.15, 0.2) is 17.0 Å². The van der Waals surface area contributed by atoms with E-state index in [2.05, 4.69) is 6.92 Å². The molecule has 0 aliphatic carbocycles. The van der Waals surface area contributed by atoms with Gasteiger partial charge in [-0.2, -0.15) is 0 Å². The van der Waals surface area contributed by atoms with Gasteiger partial charge in [-0.1, -0.05) is 24.9 Å². The summed E-state index contributed by atoms with van der Waals surface area (Å²) < 4.78 is 16.2. The number of hydrogen-bond donors (Lipinski definition) is 0. The molecule has 1 aliphatic rings. The number of rotatable bonds is 6. The number of thioether (sulfide) groups is 1. The molecule has 0 fully saturated rings. The predicted octanol–water partition coefficient (Wildman–Crippen LogP) is 3.94. The summed E-state index contributed by atoms with van der Waals surface area (Å²) in [5.41, 5.74) is 0. The molecule has 1 aromatic carbocycles. The van der Waals surface area contributed by atoms with E-state index in [1.54, 1.807) is 6.07 Å². The lowest BCUT2D eigenvalue weighted by atomic mass is 10.3. The van der Waals surface area contributed by atoms with Gasteiger partial charge in [0.2, 0.25) is 0 Å². The number of fused-ring (bicyclic) bond motifs is 1. The summed E-state index contributed by atoms with van der Waals surface area (Å²) >= 11 is 7.60. The lowest BCUT2D eigenvalue weighted by Gasteiger charge is -2.20. The first kappa shape index (κ1) is 16.3. The molecule has 1 atom stereocenters. The Bertz CT molecular complexity index is 507. The SMILES string of the molecule is CCCCOC(=O)C(C)Sc1cc2c(cc1Cl)OCCO2. The highest BCUT2D eigenvalue weighted by Gasteiger charge is 2.20. The number of halogens is 1. The third kappa shape index (κ3) is 4.45. The van der Waals surface area contributed by atoms with Crippen LogP contribution in [-0.2, 0) is 9.53 Å². The maximum atomic E-state index is 11.9. The number of hydrogen-bond acceptors (Lipinski definition) is 5. The average molecular weight is 331 g/mol. The first-order valence-electron chi connectivity index (χ1n) is 7.04. The third-order valence-corrected chi connectivity index (χ3v) is 4.54. The van der Waals surface area contributed by atoms with Gasteiger partial charge in [-0.05, 0) is 19.4 Å². The minimum atomic E-state index is -0.318. The Balaban J connectivity index is 2.00. The molecule has 6 heteroatoms.